The van der Waals surface area contributed by atoms with Crippen molar-refractivity contribution in [3.63, 3.8) is 0 Å². The number of H-pyrrole nitrogens is 1. The Hall–Kier alpha value is -3.35. The van der Waals surface area contributed by atoms with Crippen molar-refractivity contribution < 1.29 is 4.42 Å². The average molecular weight is 321 g/mol. The van der Waals surface area contributed by atoms with Crippen LogP contribution in [0.1, 0.15) is 5.76 Å². The van der Waals surface area contributed by atoms with Crippen molar-refractivity contribution in [1.29, 1.82) is 0 Å². The largest absolute Gasteiger partial charge is 0.459 e. The molecule has 3 aromatic heterocycles. The molecule has 0 atom stereocenters. The molecule has 0 bridgehead atoms. The monoisotopic (exact) mass is 321 g/mol. The number of aromatic amines is 1. The summed E-state index contributed by atoms with van der Waals surface area (Å²) in [7, 11) is 1.75. The minimum absolute atomic E-state index is 0.222. The highest BCUT2D eigenvalue weighted by Gasteiger charge is 2.09. The molecule has 4 aromatic rings. The Kier molecular flexibility index (Phi) is 3.38. The number of benzene rings is 1. The molecule has 3 heterocycles. The van der Waals surface area contributed by atoms with Crippen molar-refractivity contribution in [2.75, 3.05) is 5.32 Å². The van der Waals surface area contributed by atoms with Crippen LogP contribution in [0.4, 0.5) is 5.95 Å². The van der Waals surface area contributed by atoms with E-state index in [1.165, 1.54) is 6.20 Å². The molecule has 24 heavy (non-hydrogen) atoms. The normalized spacial score (nSPS) is 11.0. The zero-order valence-electron chi connectivity index (χ0n) is 13.0. The molecule has 0 aliphatic rings. The van der Waals surface area contributed by atoms with Crippen LogP contribution in [0.2, 0.25) is 0 Å². The molecule has 0 aliphatic heterocycles. The topological polar surface area (TPSA) is 88.7 Å². The number of aromatic nitrogens is 4. The van der Waals surface area contributed by atoms with Gasteiger partial charge in [-0.1, -0.05) is 30.3 Å². The molecule has 2 N–H and O–H groups in total. The summed E-state index contributed by atoms with van der Waals surface area (Å²) in [6.07, 6.45) is 1.50. The zero-order valence-corrected chi connectivity index (χ0v) is 13.0. The first kappa shape index (κ1) is 14.3. The minimum Gasteiger partial charge on any atom is -0.459 e. The molecule has 0 saturated heterocycles. The van der Waals surface area contributed by atoms with E-state index in [-0.39, 0.29) is 5.56 Å². The third-order valence-corrected chi connectivity index (χ3v) is 3.75. The molecule has 7 heteroatoms. The lowest BCUT2D eigenvalue weighted by Crippen LogP contribution is -2.13. The summed E-state index contributed by atoms with van der Waals surface area (Å²) >= 11 is 0. The summed E-state index contributed by atoms with van der Waals surface area (Å²) in [6, 6.07) is 13.7. The first-order chi connectivity index (χ1) is 11.7. The van der Waals surface area contributed by atoms with Gasteiger partial charge in [0.05, 0.1) is 12.7 Å². The third-order valence-electron chi connectivity index (χ3n) is 3.75. The van der Waals surface area contributed by atoms with Crippen LogP contribution in [-0.2, 0) is 13.6 Å². The van der Waals surface area contributed by atoms with Crippen LogP contribution in [0.3, 0.4) is 0 Å². The number of hydrogen-bond acceptors (Lipinski definition) is 5. The fraction of sp³-hybridized carbons (Fsp3) is 0.118. The molecule has 0 spiro atoms. The fourth-order valence-corrected chi connectivity index (χ4v) is 2.52. The number of fused-ring (bicyclic) bond motifs is 1. The van der Waals surface area contributed by atoms with Gasteiger partial charge in [-0.05, 0) is 12.1 Å². The predicted molar refractivity (Wildman–Crippen MR) is 90.6 cm³/mol. The number of nitrogens with zero attached hydrogens (tertiary/aromatic N) is 3. The molecule has 4 rings (SSSR count). The highest BCUT2D eigenvalue weighted by Crippen LogP contribution is 2.22. The molecule has 0 fully saturated rings. The number of hydrogen-bond donors (Lipinski definition) is 2. The van der Waals surface area contributed by atoms with Crippen LogP contribution < -0.4 is 10.9 Å². The second-order valence-electron chi connectivity index (χ2n) is 5.41. The van der Waals surface area contributed by atoms with Crippen LogP contribution in [0, 0.1) is 0 Å². The van der Waals surface area contributed by atoms with E-state index in [9.17, 15) is 4.79 Å². The average Bonchev–Trinajstić information content (AvgIpc) is 3.22. The van der Waals surface area contributed by atoms with Crippen LogP contribution in [-0.4, -0.2) is 19.7 Å². The van der Waals surface area contributed by atoms with Gasteiger partial charge in [-0.25, -0.2) is 0 Å². The van der Waals surface area contributed by atoms with Crippen LogP contribution in [0.5, 0.6) is 0 Å². The Balaban J connectivity index is 1.54. The maximum absolute atomic E-state index is 12.0. The van der Waals surface area contributed by atoms with Crippen LogP contribution in [0.25, 0.3) is 22.4 Å². The first-order valence-corrected chi connectivity index (χ1v) is 7.51. The highest BCUT2D eigenvalue weighted by atomic mass is 16.3. The van der Waals surface area contributed by atoms with Crippen molar-refractivity contribution in [1.82, 2.24) is 19.7 Å². The van der Waals surface area contributed by atoms with Gasteiger partial charge in [-0.2, -0.15) is 10.1 Å². The maximum atomic E-state index is 12.0. The summed E-state index contributed by atoms with van der Waals surface area (Å²) in [5.74, 6) is 1.94. The Morgan fingerprint density at radius 1 is 1.21 bits per heavy atom. The van der Waals surface area contributed by atoms with E-state index in [2.05, 4.69) is 20.4 Å². The van der Waals surface area contributed by atoms with E-state index in [1.807, 2.05) is 42.5 Å². The summed E-state index contributed by atoms with van der Waals surface area (Å²) in [5, 5.41) is 7.58. The van der Waals surface area contributed by atoms with Gasteiger partial charge in [0, 0.05) is 12.6 Å². The molecule has 0 unspecified atom stereocenters. The smallest absolute Gasteiger partial charge is 0.263 e. The SMILES string of the molecule is Cn1ncc2c(=O)[nH]c(NCc3ccc(-c4ccccc4)o3)nc21. The second-order valence-corrected chi connectivity index (χ2v) is 5.41. The number of nitrogens with one attached hydrogen (secondary N) is 2. The maximum Gasteiger partial charge on any atom is 0.263 e. The zero-order chi connectivity index (χ0) is 16.5. The van der Waals surface area contributed by atoms with E-state index < -0.39 is 0 Å². The van der Waals surface area contributed by atoms with Crippen molar-refractivity contribution in [2.45, 2.75) is 6.54 Å². The van der Waals surface area contributed by atoms with Crippen LogP contribution in [0.15, 0.2) is 57.9 Å². The Morgan fingerprint density at radius 3 is 2.88 bits per heavy atom. The van der Waals surface area contributed by atoms with Gasteiger partial charge < -0.3 is 9.73 Å². The Labute approximate surface area is 137 Å². The number of anilines is 1. The summed E-state index contributed by atoms with van der Waals surface area (Å²) in [4.78, 5) is 19.1. The van der Waals surface area contributed by atoms with Gasteiger partial charge in [0.2, 0.25) is 5.95 Å². The van der Waals surface area contributed by atoms with E-state index in [0.717, 1.165) is 17.1 Å². The molecule has 7 nitrogen and oxygen atoms in total. The molecule has 0 saturated carbocycles. The second kappa shape index (κ2) is 5.69. The Morgan fingerprint density at radius 2 is 2.04 bits per heavy atom. The van der Waals surface area contributed by atoms with Crippen LogP contribution >= 0.6 is 0 Å². The lowest BCUT2D eigenvalue weighted by molar-refractivity contribution is 0.531. The summed E-state index contributed by atoms with van der Waals surface area (Å²) in [5.41, 5.74) is 1.33. The third kappa shape index (κ3) is 2.56. The number of rotatable bonds is 4. The van der Waals surface area contributed by atoms with Crippen molar-refractivity contribution >= 4 is 17.0 Å². The van der Waals surface area contributed by atoms with Gasteiger partial charge in [-0.3, -0.25) is 14.5 Å². The molecule has 0 aliphatic carbocycles. The van der Waals surface area contributed by atoms with Crippen molar-refractivity contribution in [3.05, 3.63) is 64.8 Å². The lowest BCUT2D eigenvalue weighted by Gasteiger charge is -2.04. The first-order valence-electron chi connectivity index (χ1n) is 7.51. The standard InChI is InChI=1S/C17H15N5O2/c1-22-15-13(10-19-22)16(23)21-17(20-15)18-9-12-7-8-14(24-12)11-5-3-2-4-6-11/h2-8,10H,9H2,1H3,(H2,18,20,21,23). The minimum atomic E-state index is -0.222. The van der Waals surface area contributed by atoms with Crippen molar-refractivity contribution in [2.24, 2.45) is 7.05 Å². The molecule has 0 amide bonds. The van der Waals surface area contributed by atoms with Gasteiger partial charge in [0.1, 0.15) is 16.9 Å². The van der Waals surface area contributed by atoms with Gasteiger partial charge in [0.25, 0.3) is 5.56 Å². The molecule has 1 aromatic carbocycles. The number of furan rings is 1. The quantitative estimate of drug-likeness (QED) is 0.603. The molecule has 0 radical (unpaired) electrons. The number of aryl methyl sites for hydroxylation is 1. The Bertz CT molecular complexity index is 1050. The van der Waals surface area contributed by atoms with Gasteiger partial charge in [-0.15, -0.1) is 0 Å². The highest BCUT2D eigenvalue weighted by molar-refractivity contribution is 5.74. The van der Waals surface area contributed by atoms with E-state index in [4.69, 9.17) is 4.42 Å². The molecule has 120 valence electrons. The van der Waals surface area contributed by atoms with E-state index in [1.54, 1.807) is 11.7 Å². The van der Waals surface area contributed by atoms with Gasteiger partial charge in [0.15, 0.2) is 5.65 Å². The lowest BCUT2D eigenvalue weighted by atomic mass is 10.2. The molecular weight excluding hydrogens is 306 g/mol. The predicted octanol–water partition coefficient (Wildman–Crippen LogP) is 2.53. The molecular formula is C17H15N5O2. The van der Waals surface area contributed by atoms with Crippen molar-refractivity contribution in [3.8, 4) is 11.3 Å². The fourth-order valence-electron chi connectivity index (χ4n) is 2.52. The van der Waals surface area contributed by atoms with E-state index >= 15 is 0 Å². The van der Waals surface area contributed by atoms with E-state index in [0.29, 0.717) is 23.5 Å². The van der Waals surface area contributed by atoms with Gasteiger partial charge >= 0.3 is 0 Å². The summed E-state index contributed by atoms with van der Waals surface area (Å²) in [6.45, 7) is 0.416. The summed E-state index contributed by atoms with van der Waals surface area (Å²) < 4.78 is 7.38.